The van der Waals surface area contributed by atoms with E-state index in [4.69, 9.17) is 14.9 Å². The lowest BCUT2D eigenvalue weighted by atomic mass is 10.6. The van der Waals surface area contributed by atoms with Gasteiger partial charge in [0.15, 0.2) is 12.6 Å². The molecule has 0 aliphatic heterocycles. The van der Waals surface area contributed by atoms with Gasteiger partial charge in [0.2, 0.25) is 0 Å². The van der Waals surface area contributed by atoms with E-state index < -0.39 is 12.6 Å². The third kappa shape index (κ3) is 15.3. The minimum Gasteiger partial charge on any atom is -0.373 e. The third-order valence-electron chi connectivity index (χ3n) is 1.15. The summed E-state index contributed by atoms with van der Waals surface area (Å²) in [4.78, 5) is 0. The maximum atomic E-state index is 8.61. The molecule has 0 amide bonds. The van der Waals surface area contributed by atoms with Gasteiger partial charge in [0.05, 0.1) is 13.2 Å². The number of aliphatic hydroxyl groups excluding tert-OH is 2. The van der Waals surface area contributed by atoms with Crippen LogP contribution in [0.2, 0.25) is 0 Å². The molecule has 0 aromatic carbocycles. The molecule has 0 heterocycles. The molecule has 2 N–H and O–H groups in total. The van der Waals surface area contributed by atoms with E-state index in [0.717, 1.165) is 12.2 Å². The van der Waals surface area contributed by atoms with Crippen LogP contribution in [-0.4, -0.2) is 36.0 Å². The van der Waals surface area contributed by atoms with Gasteiger partial charge in [-0.2, -0.15) is 0 Å². The molecule has 0 aliphatic carbocycles. The third-order valence-corrected chi connectivity index (χ3v) is 1.15. The Labute approximate surface area is 96.8 Å². The van der Waals surface area contributed by atoms with Crippen molar-refractivity contribution in [3.8, 4) is 0 Å². The molecule has 0 rings (SSSR count). The smallest absolute Gasteiger partial charge is 0.177 e. The van der Waals surface area contributed by atoms with Crippen molar-refractivity contribution in [1.29, 1.82) is 0 Å². The van der Waals surface area contributed by atoms with Crippen LogP contribution in [0.15, 0.2) is 50.6 Å². The molecule has 4 nitrogen and oxygen atoms in total. The zero-order chi connectivity index (χ0) is 12.8. The average molecular weight is 228 g/mol. The highest BCUT2D eigenvalue weighted by Crippen LogP contribution is 1.93. The van der Waals surface area contributed by atoms with Crippen LogP contribution in [0.25, 0.3) is 0 Å². The van der Waals surface area contributed by atoms with Gasteiger partial charge in [-0.15, -0.1) is 13.2 Å². The highest BCUT2D eigenvalue weighted by atomic mass is 16.7. The van der Waals surface area contributed by atoms with E-state index in [0.29, 0.717) is 13.2 Å². The second-order valence-corrected chi connectivity index (χ2v) is 2.50. The van der Waals surface area contributed by atoms with Crippen LogP contribution in [0.4, 0.5) is 0 Å². The molecule has 0 fully saturated rings. The van der Waals surface area contributed by atoms with Crippen molar-refractivity contribution in [3.05, 3.63) is 50.6 Å². The summed E-state index contributed by atoms with van der Waals surface area (Å²) in [6.07, 6.45) is 3.49. The minimum absolute atomic E-state index is 0.617. The number of rotatable bonds is 8. The molecule has 4 heteroatoms. The van der Waals surface area contributed by atoms with Gasteiger partial charge in [0, 0.05) is 0 Å². The predicted octanol–water partition coefficient (Wildman–Crippen LogP) is 1.39. The lowest BCUT2D eigenvalue weighted by molar-refractivity contribution is -0.163. The first-order valence-corrected chi connectivity index (χ1v) is 4.68. The lowest BCUT2D eigenvalue weighted by Crippen LogP contribution is -2.17. The van der Waals surface area contributed by atoms with E-state index in [1.165, 1.54) is 0 Å². The zero-order valence-electron chi connectivity index (χ0n) is 9.42. The van der Waals surface area contributed by atoms with E-state index >= 15 is 0 Å². The summed E-state index contributed by atoms with van der Waals surface area (Å²) in [6, 6.07) is 0. The van der Waals surface area contributed by atoms with E-state index in [9.17, 15) is 0 Å². The summed E-state index contributed by atoms with van der Waals surface area (Å²) < 4.78 is 9.32. The fourth-order valence-electron chi connectivity index (χ4n) is 0.489. The van der Waals surface area contributed by atoms with Gasteiger partial charge in [0.25, 0.3) is 0 Å². The lowest BCUT2D eigenvalue weighted by Gasteiger charge is -2.09. The van der Waals surface area contributed by atoms with Gasteiger partial charge >= 0.3 is 0 Å². The maximum Gasteiger partial charge on any atom is 0.177 e. The van der Waals surface area contributed by atoms with E-state index in [-0.39, 0.29) is 0 Å². The van der Waals surface area contributed by atoms with Crippen LogP contribution >= 0.6 is 0 Å². The molecule has 16 heavy (non-hydrogen) atoms. The first-order chi connectivity index (χ1) is 7.62. The van der Waals surface area contributed by atoms with Crippen LogP contribution in [0.1, 0.15) is 0 Å². The van der Waals surface area contributed by atoms with Crippen molar-refractivity contribution in [2.45, 2.75) is 12.6 Å². The van der Waals surface area contributed by atoms with Crippen molar-refractivity contribution in [2.75, 3.05) is 13.2 Å². The first-order valence-electron chi connectivity index (χ1n) is 4.68. The quantitative estimate of drug-likeness (QED) is 0.374. The SMILES string of the molecule is C=CC(O)OC(O)C=C.C=CCOCC=C. The zero-order valence-corrected chi connectivity index (χ0v) is 9.42. The fourth-order valence-corrected chi connectivity index (χ4v) is 0.489. The Morgan fingerprint density at radius 3 is 1.50 bits per heavy atom. The maximum absolute atomic E-state index is 8.61. The molecule has 0 aromatic heterocycles. The largest absolute Gasteiger partial charge is 0.373 e. The van der Waals surface area contributed by atoms with Crippen LogP contribution in [0.5, 0.6) is 0 Å². The summed E-state index contributed by atoms with van der Waals surface area (Å²) in [6.45, 7) is 14.6. The molecule has 2 atom stereocenters. The summed E-state index contributed by atoms with van der Waals surface area (Å²) in [5.41, 5.74) is 0. The van der Waals surface area contributed by atoms with Crippen LogP contribution in [0, 0.1) is 0 Å². The molecule has 2 unspecified atom stereocenters. The van der Waals surface area contributed by atoms with E-state index in [2.05, 4.69) is 31.1 Å². The van der Waals surface area contributed by atoms with Gasteiger partial charge in [-0.25, -0.2) is 0 Å². The molecule has 0 spiro atoms. The standard InChI is InChI=1S/C6H10O3.C6H10O/c1-3-5(7)9-6(8)4-2;1-3-5-7-6-4-2/h3-8H,1-2H2;3-4H,1-2,5-6H2. The number of hydrogen-bond donors (Lipinski definition) is 2. The molecular weight excluding hydrogens is 208 g/mol. The topological polar surface area (TPSA) is 58.9 Å². The average Bonchev–Trinajstić information content (AvgIpc) is 2.30. The molecule has 92 valence electrons. The molecular formula is C12H20O4. The van der Waals surface area contributed by atoms with Crippen LogP contribution in [-0.2, 0) is 9.47 Å². The number of aliphatic hydroxyl groups is 2. The Kier molecular flexibility index (Phi) is 14.8. The van der Waals surface area contributed by atoms with Gasteiger partial charge in [-0.05, 0) is 12.2 Å². The normalized spacial score (nSPS) is 12.6. The second kappa shape index (κ2) is 13.8. The van der Waals surface area contributed by atoms with Gasteiger partial charge in [-0.1, -0.05) is 25.3 Å². The monoisotopic (exact) mass is 228 g/mol. The summed E-state index contributed by atoms with van der Waals surface area (Å²) >= 11 is 0. The number of hydrogen-bond acceptors (Lipinski definition) is 4. The Bertz CT molecular complexity index is 181. The van der Waals surface area contributed by atoms with Crippen molar-refractivity contribution >= 4 is 0 Å². The summed E-state index contributed by atoms with van der Waals surface area (Å²) in [5.74, 6) is 0. The van der Waals surface area contributed by atoms with Crippen LogP contribution in [0.3, 0.4) is 0 Å². The van der Waals surface area contributed by atoms with Crippen molar-refractivity contribution < 1.29 is 19.7 Å². The van der Waals surface area contributed by atoms with Gasteiger partial charge in [0.1, 0.15) is 0 Å². The Balaban J connectivity index is 0. The highest BCUT2D eigenvalue weighted by molar-refractivity contribution is 4.75. The molecule has 0 radical (unpaired) electrons. The molecule has 0 saturated heterocycles. The second-order valence-electron chi connectivity index (χ2n) is 2.50. The minimum atomic E-state index is -1.13. The van der Waals surface area contributed by atoms with Crippen LogP contribution < -0.4 is 0 Å². The van der Waals surface area contributed by atoms with Crippen molar-refractivity contribution in [1.82, 2.24) is 0 Å². The Morgan fingerprint density at radius 1 is 0.875 bits per heavy atom. The fraction of sp³-hybridized carbons (Fsp3) is 0.333. The Morgan fingerprint density at radius 2 is 1.25 bits per heavy atom. The molecule has 0 saturated carbocycles. The van der Waals surface area contributed by atoms with Gasteiger partial charge < -0.3 is 19.7 Å². The predicted molar refractivity (Wildman–Crippen MR) is 64.7 cm³/mol. The van der Waals surface area contributed by atoms with E-state index in [1.807, 2.05) is 0 Å². The highest BCUT2D eigenvalue weighted by Gasteiger charge is 2.01. The van der Waals surface area contributed by atoms with E-state index in [1.54, 1.807) is 12.2 Å². The van der Waals surface area contributed by atoms with Crippen molar-refractivity contribution in [2.24, 2.45) is 0 Å². The number of ether oxygens (including phenoxy) is 2. The Hall–Kier alpha value is -1.20. The summed E-state index contributed by atoms with van der Waals surface area (Å²) in [5, 5.41) is 17.2. The molecule has 0 aliphatic rings. The molecule has 0 aromatic rings. The van der Waals surface area contributed by atoms with Gasteiger partial charge in [-0.3, -0.25) is 0 Å². The summed E-state index contributed by atoms with van der Waals surface area (Å²) in [7, 11) is 0. The van der Waals surface area contributed by atoms with Crippen molar-refractivity contribution in [3.63, 3.8) is 0 Å². The molecule has 0 bridgehead atoms. The first kappa shape index (κ1) is 17.2.